The first kappa shape index (κ1) is 19.5. The molecular formula is C21H24BrF3O. The van der Waals surface area contributed by atoms with Crippen molar-refractivity contribution in [3.05, 3.63) is 41.5 Å². The monoisotopic (exact) mass is 428 g/mol. The molecule has 2 aromatic rings. The van der Waals surface area contributed by atoms with Gasteiger partial charge in [0.25, 0.3) is 0 Å². The predicted octanol–water partition coefficient (Wildman–Crippen LogP) is 7.66. The molecule has 0 radical (unpaired) electrons. The summed E-state index contributed by atoms with van der Waals surface area (Å²) in [4.78, 5) is -0.227. The van der Waals surface area contributed by atoms with Gasteiger partial charge in [-0.15, -0.1) is 0 Å². The molecule has 0 heterocycles. The van der Waals surface area contributed by atoms with E-state index in [1.54, 1.807) is 18.2 Å². The van der Waals surface area contributed by atoms with Crippen LogP contribution in [0, 0.1) is 5.92 Å². The number of hydrogen-bond acceptors (Lipinski definition) is 1. The van der Waals surface area contributed by atoms with Crippen molar-refractivity contribution in [1.29, 1.82) is 0 Å². The number of hydrogen-bond donors (Lipinski definition) is 0. The summed E-state index contributed by atoms with van der Waals surface area (Å²) in [5.74, 6) is 0.670. The Balaban J connectivity index is 2.08. The van der Waals surface area contributed by atoms with Gasteiger partial charge in [0.2, 0.25) is 0 Å². The molecule has 1 aliphatic rings. The topological polar surface area (TPSA) is 9.23 Å². The van der Waals surface area contributed by atoms with Crippen molar-refractivity contribution in [2.45, 2.75) is 63.1 Å². The van der Waals surface area contributed by atoms with Gasteiger partial charge in [0.1, 0.15) is 11.3 Å². The molecule has 3 rings (SSSR count). The first-order valence-electron chi connectivity index (χ1n) is 9.24. The molecule has 0 bridgehead atoms. The minimum absolute atomic E-state index is 0.000485. The Morgan fingerprint density at radius 3 is 2.38 bits per heavy atom. The number of ether oxygens (including phenoxy) is 1. The highest BCUT2D eigenvalue weighted by atomic mass is 79.9. The summed E-state index contributed by atoms with van der Waals surface area (Å²) in [6.07, 6.45) is 0.195. The van der Waals surface area contributed by atoms with Crippen molar-refractivity contribution >= 4 is 26.7 Å². The molecule has 0 aromatic heterocycles. The summed E-state index contributed by atoms with van der Waals surface area (Å²) in [7, 11) is 0. The predicted molar refractivity (Wildman–Crippen MR) is 103 cm³/mol. The molecule has 0 amide bonds. The lowest BCUT2D eigenvalue weighted by Gasteiger charge is -2.31. The molecular weight excluding hydrogens is 405 g/mol. The Bertz CT molecular complexity index is 762. The Morgan fingerprint density at radius 1 is 1.15 bits per heavy atom. The van der Waals surface area contributed by atoms with Crippen LogP contribution in [0.4, 0.5) is 13.2 Å². The quantitative estimate of drug-likeness (QED) is 0.454. The Hall–Kier alpha value is -1.23. The van der Waals surface area contributed by atoms with Crippen molar-refractivity contribution in [3.63, 3.8) is 0 Å². The molecule has 5 heteroatoms. The fourth-order valence-corrected chi connectivity index (χ4v) is 4.22. The zero-order chi connectivity index (χ0) is 18.9. The minimum Gasteiger partial charge on any atom is -0.489 e. The standard InChI is InChI=1S/C21H24BrF3O/c1-3-14-8-10-16(11-9-14)26-20-18(13(2)22)12-15-6-4-5-7-17(15)19(20)21(23,24)25/h4-7,12-14,16H,3,8-11H2,1-2H3. The molecule has 0 aliphatic heterocycles. The Labute approximate surface area is 161 Å². The van der Waals surface area contributed by atoms with E-state index in [0.717, 1.165) is 32.1 Å². The highest BCUT2D eigenvalue weighted by Gasteiger charge is 2.39. The van der Waals surface area contributed by atoms with Gasteiger partial charge in [-0.25, -0.2) is 0 Å². The van der Waals surface area contributed by atoms with E-state index in [0.29, 0.717) is 16.9 Å². The van der Waals surface area contributed by atoms with Crippen LogP contribution < -0.4 is 4.74 Å². The van der Waals surface area contributed by atoms with Crippen molar-refractivity contribution in [3.8, 4) is 5.75 Å². The molecule has 1 fully saturated rings. The van der Waals surface area contributed by atoms with Crippen LogP contribution in [-0.2, 0) is 6.18 Å². The van der Waals surface area contributed by atoms with Crippen molar-refractivity contribution in [2.24, 2.45) is 5.92 Å². The lowest BCUT2D eigenvalue weighted by atomic mass is 9.85. The molecule has 1 unspecified atom stereocenters. The summed E-state index contributed by atoms with van der Waals surface area (Å²) in [6.45, 7) is 4.01. The van der Waals surface area contributed by atoms with Gasteiger partial charge in [-0.1, -0.05) is 53.5 Å². The van der Waals surface area contributed by atoms with Crippen LogP contribution in [0.2, 0.25) is 0 Å². The second-order valence-corrected chi connectivity index (χ2v) is 8.55. The zero-order valence-electron chi connectivity index (χ0n) is 15.1. The second kappa shape index (κ2) is 7.79. The third-order valence-electron chi connectivity index (χ3n) is 5.40. The molecule has 142 valence electrons. The highest BCUT2D eigenvalue weighted by Crippen LogP contribution is 2.47. The van der Waals surface area contributed by atoms with Crippen molar-refractivity contribution in [1.82, 2.24) is 0 Å². The average Bonchev–Trinajstić information content (AvgIpc) is 2.60. The van der Waals surface area contributed by atoms with Crippen molar-refractivity contribution < 1.29 is 17.9 Å². The third-order valence-corrected chi connectivity index (χ3v) is 5.89. The maximum atomic E-state index is 14.0. The van der Waals surface area contributed by atoms with E-state index >= 15 is 0 Å². The summed E-state index contributed by atoms with van der Waals surface area (Å²) in [5.41, 5.74) is -0.0804. The largest absolute Gasteiger partial charge is 0.489 e. The molecule has 1 atom stereocenters. The van der Waals surface area contributed by atoms with E-state index in [4.69, 9.17) is 4.74 Å². The fraction of sp³-hybridized carbons (Fsp3) is 0.524. The average molecular weight is 429 g/mol. The number of benzene rings is 2. The smallest absolute Gasteiger partial charge is 0.420 e. The van der Waals surface area contributed by atoms with Crippen LogP contribution in [0.15, 0.2) is 30.3 Å². The molecule has 1 saturated carbocycles. The maximum Gasteiger partial charge on any atom is 0.420 e. The molecule has 1 aliphatic carbocycles. The molecule has 2 aromatic carbocycles. The highest BCUT2D eigenvalue weighted by molar-refractivity contribution is 9.09. The molecule has 0 N–H and O–H groups in total. The van der Waals surface area contributed by atoms with Gasteiger partial charge in [0.15, 0.2) is 0 Å². The van der Waals surface area contributed by atoms with Gasteiger partial charge in [0, 0.05) is 10.4 Å². The molecule has 0 spiro atoms. The van der Waals surface area contributed by atoms with E-state index in [-0.39, 0.29) is 22.1 Å². The lowest BCUT2D eigenvalue weighted by Crippen LogP contribution is -2.25. The number of rotatable bonds is 4. The molecule has 0 saturated heterocycles. The van der Waals surface area contributed by atoms with Crippen LogP contribution >= 0.6 is 15.9 Å². The number of halogens is 4. The van der Waals surface area contributed by atoms with Crippen molar-refractivity contribution in [2.75, 3.05) is 0 Å². The molecule has 26 heavy (non-hydrogen) atoms. The first-order valence-corrected chi connectivity index (χ1v) is 10.2. The lowest BCUT2D eigenvalue weighted by molar-refractivity contribution is -0.138. The van der Waals surface area contributed by atoms with E-state index in [1.165, 1.54) is 6.07 Å². The Kier molecular flexibility index (Phi) is 5.85. The van der Waals surface area contributed by atoms with Crippen LogP contribution in [0.25, 0.3) is 10.8 Å². The van der Waals surface area contributed by atoms with Gasteiger partial charge in [-0.05, 0) is 55.4 Å². The maximum absolute atomic E-state index is 14.0. The van der Waals surface area contributed by atoms with Gasteiger partial charge in [-0.2, -0.15) is 13.2 Å². The first-order chi connectivity index (χ1) is 12.3. The van der Waals surface area contributed by atoms with Gasteiger partial charge >= 0.3 is 6.18 Å². The van der Waals surface area contributed by atoms with Crippen LogP contribution in [0.3, 0.4) is 0 Å². The number of alkyl halides is 4. The normalized spacial score (nSPS) is 22.4. The summed E-state index contributed by atoms with van der Waals surface area (Å²) in [5, 5.41) is 0.789. The Morgan fingerprint density at radius 2 is 1.81 bits per heavy atom. The van der Waals surface area contributed by atoms with E-state index in [1.807, 2.05) is 13.0 Å². The zero-order valence-corrected chi connectivity index (χ0v) is 16.7. The SMILES string of the molecule is CCC1CCC(Oc2c(C(C)Br)cc3ccccc3c2C(F)(F)F)CC1. The summed E-state index contributed by atoms with van der Waals surface area (Å²) < 4.78 is 48.0. The van der Waals surface area contributed by atoms with Crippen LogP contribution in [-0.4, -0.2) is 6.10 Å². The van der Waals surface area contributed by atoms with Crippen LogP contribution in [0.5, 0.6) is 5.75 Å². The van der Waals surface area contributed by atoms with E-state index in [9.17, 15) is 13.2 Å². The van der Waals surface area contributed by atoms with Gasteiger partial charge in [-0.3, -0.25) is 0 Å². The van der Waals surface area contributed by atoms with E-state index < -0.39 is 11.7 Å². The van der Waals surface area contributed by atoms with Gasteiger partial charge in [0.05, 0.1) is 6.10 Å². The third kappa shape index (κ3) is 4.03. The minimum atomic E-state index is -4.46. The van der Waals surface area contributed by atoms with Gasteiger partial charge < -0.3 is 4.74 Å². The van der Waals surface area contributed by atoms with E-state index in [2.05, 4.69) is 22.9 Å². The fourth-order valence-electron chi connectivity index (χ4n) is 3.88. The summed E-state index contributed by atoms with van der Waals surface area (Å²) in [6, 6.07) is 8.47. The number of fused-ring (bicyclic) bond motifs is 1. The second-order valence-electron chi connectivity index (χ2n) is 7.17. The molecule has 1 nitrogen and oxygen atoms in total. The van der Waals surface area contributed by atoms with Crippen LogP contribution in [0.1, 0.15) is 61.9 Å². The summed E-state index contributed by atoms with van der Waals surface area (Å²) >= 11 is 3.46.